The maximum absolute atomic E-state index is 13.4. The first-order valence-electron chi connectivity index (χ1n) is 6.18. The van der Waals surface area contributed by atoms with Gasteiger partial charge in [0, 0.05) is 31.7 Å². The van der Waals surface area contributed by atoms with E-state index in [1.54, 1.807) is 18.2 Å². The fourth-order valence-electron chi connectivity index (χ4n) is 2.41. The summed E-state index contributed by atoms with van der Waals surface area (Å²) in [5.41, 5.74) is 0.180. The molecule has 1 heterocycles. The second kappa shape index (κ2) is 8.68. The van der Waals surface area contributed by atoms with Crippen molar-refractivity contribution in [3.63, 3.8) is 0 Å². The molecule has 0 radical (unpaired) electrons. The zero-order chi connectivity index (χ0) is 13.9. The van der Waals surface area contributed by atoms with Crippen molar-refractivity contribution in [2.45, 2.75) is 12.2 Å². The average Bonchev–Trinajstić information content (AvgIpc) is 2.39. The summed E-state index contributed by atoms with van der Waals surface area (Å²) in [6.45, 7) is 1.90. The summed E-state index contributed by atoms with van der Waals surface area (Å²) in [5, 5.41) is 3.06. The number of hydrogen-bond donors (Lipinski definition) is 1. The molecule has 1 saturated heterocycles. The van der Waals surface area contributed by atoms with Gasteiger partial charge in [0.05, 0.1) is 7.11 Å². The molecule has 1 aliphatic heterocycles. The zero-order valence-corrected chi connectivity index (χ0v) is 13.2. The molecule has 1 atom stereocenters. The van der Waals surface area contributed by atoms with Crippen LogP contribution >= 0.6 is 24.8 Å². The number of hydrogen-bond acceptors (Lipinski definition) is 3. The molecule has 1 aromatic rings. The highest BCUT2D eigenvalue weighted by atomic mass is 35.5. The molecule has 2 rings (SSSR count). The van der Waals surface area contributed by atoms with Crippen LogP contribution in [0.4, 0.5) is 13.2 Å². The van der Waals surface area contributed by atoms with Crippen molar-refractivity contribution in [2.75, 3.05) is 33.3 Å². The molecule has 8 heteroatoms. The molecule has 122 valence electrons. The minimum Gasteiger partial charge on any atom is -0.496 e. The third kappa shape index (κ3) is 4.92. The Kier molecular flexibility index (Phi) is 8.39. The molecule has 0 spiro atoms. The van der Waals surface area contributed by atoms with Gasteiger partial charge in [0.1, 0.15) is 11.8 Å². The van der Waals surface area contributed by atoms with E-state index in [1.807, 2.05) is 0 Å². The summed E-state index contributed by atoms with van der Waals surface area (Å²) in [7, 11) is 1.39. The molecule has 0 amide bonds. The van der Waals surface area contributed by atoms with Gasteiger partial charge in [-0.15, -0.1) is 24.8 Å². The fraction of sp³-hybridized carbons (Fsp3) is 0.538. The van der Waals surface area contributed by atoms with Gasteiger partial charge >= 0.3 is 6.18 Å². The molecule has 0 bridgehead atoms. The highest BCUT2D eigenvalue weighted by molar-refractivity contribution is 5.85. The first-order valence-corrected chi connectivity index (χ1v) is 6.18. The van der Waals surface area contributed by atoms with Crippen molar-refractivity contribution >= 4 is 24.8 Å². The molecule has 1 fully saturated rings. The predicted octanol–water partition coefficient (Wildman–Crippen LogP) is 3.05. The van der Waals surface area contributed by atoms with Gasteiger partial charge in [-0.25, -0.2) is 0 Å². The highest BCUT2D eigenvalue weighted by Gasteiger charge is 2.46. The smallest absolute Gasteiger partial charge is 0.408 e. The molecule has 1 aromatic carbocycles. The standard InChI is InChI=1S/C13H17F3N2O.2ClH/c1-19-11-5-3-2-4-10(11)12(13(14,15)16)18-8-6-17-7-9-18;;/h2-5,12,17H,6-9H2,1H3;2*1H/t12-;;/m0../s1. The monoisotopic (exact) mass is 346 g/mol. The van der Waals surface area contributed by atoms with Gasteiger partial charge < -0.3 is 10.1 Å². The Bertz CT molecular complexity index is 426. The Labute approximate surface area is 134 Å². The zero-order valence-electron chi connectivity index (χ0n) is 11.5. The lowest BCUT2D eigenvalue weighted by molar-refractivity contribution is -0.188. The van der Waals surface area contributed by atoms with Crippen molar-refractivity contribution in [3.05, 3.63) is 29.8 Å². The number of nitrogens with one attached hydrogen (secondary N) is 1. The van der Waals surface area contributed by atoms with Gasteiger partial charge in [-0.3, -0.25) is 4.90 Å². The summed E-state index contributed by atoms with van der Waals surface area (Å²) in [6.07, 6.45) is -4.31. The van der Waals surface area contributed by atoms with Crippen LogP contribution in [0.1, 0.15) is 11.6 Å². The molecule has 3 nitrogen and oxygen atoms in total. The number of methoxy groups -OCH3 is 1. The van der Waals surface area contributed by atoms with Crippen LogP contribution in [0.5, 0.6) is 5.75 Å². The third-order valence-corrected chi connectivity index (χ3v) is 3.26. The third-order valence-electron chi connectivity index (χ3n) is 3.26. The van der Waals surface area contributed by atoms with Gasteiger partial charge in [-0.05, 0) is 6.07 Å². The van der Waals surface area contributed by atoms with E-state index < -0.39 is 12.2 Å². The summed E-state index contributed by atoms with van der Waals surface area (Å²) in [4.78, 5) is 1.45. The Hall–Kier alpha value is -0.690. The van der Waals surface area contributed by atoms with Crippen LogP contribution in [0.25, 0.3) is 0 Å². The van der Waals surface area contributed by atoms with E-state index in [0.717, 1.165) is 0 Å². The Morgan fingerprint density at radius 1 is 1.14 bits per heavy atom. The largest absolute Gasteiger partial charge is 0.496 e. The lowest BCUT2D eigenvalue weighted by atomic mass is 10.0. The number of benzene rings is 1. The maximum Gasteiger partial charge on any atom is 0.408 e. The summed E-state index contributed by atoms with van der Waals surface area (Å²) >= 11 is 0. The van der Waals surface area contributed by atoms with E-state index in [-0.39, 0.29) is 36.1 Å². The number of nitrogens with zero attached hydrogens (tertiary/aromatic N) is 1. The SMILES string of the molecule is COc1ccccc1[C@H](N1CCNCC1)C(F)(F)F.Cl.Cl. The summed E-state index contributed by atoms with van der Waals surface area (Å²) in [6, 6.07) is 4.73. The van der Waals surface area contributed by atoms with Gasteiger partial charge in [0.2, 0.25) is 0 Å². The van der Waals surface area contributed by atoms with Crippen LogP contribution in [-0.2, 0) is 0 Å². The molecular weight excluding hydrogens is 328 g/mol. The van der Waals surface area contributed by atoms with Crippen molar-refractivity contribution < 1.29 is 17.9 Å². The van der Waals surface area contributed by atoms with Crippen molar-refractivity contribution in [3.8, 4) is 5.75 Å². The van der Waals surface area contributed by atoms with Crippen molar-refractivity contribution in [1.82, 2.24) is 10.2 Å². The molecule has 1 aliphatic rings. The highest BCUT2D eigenvalue weighted by Crippen LogP contribution is 2.41. The molecule has 0 aromatic heterocycles. The fourth-order valence-corrected chi connectivity index (χ4v) is 2.41. The molecular formula is C13H19Cl2F3N2O. The molecule has 0 aliphatic carbocycles. The molecule has 1 N–H and O–H groups in total. The lowest BCUT2D eigenvalue weighted by Crippen LogP contribution is -2.49. The quantitative estimate of drug-likeness (QED) is 0.910. The van der Waals surface area contributed by atoms with Crippen molar-refractivity contribution in [1.29, 1.82) is 0 Å². The first kappa shape index (κ1) is 20.3. The lowest BCUT2D eigenvalue weighted by Gasteiger charge is -2.36. The number of ether oxygens (including phenoxy) is 1. The number of rotatable bonds is 3. The first-order chi connectivity index (χ1) is 9.04. The normalized spacial score (nSPS) is 17.3. The van der Waals surface area contributed by atoms with E-state index >= 15 is 0 Å². The van der Waals surface area contributed by atoms with Gasteiger partial charge in [0.25, 0.3) is 0 Å². The Morgan fingerprint density at radius 3 is 2.24 bits per heavy atom. The maximum atomic E-state index is 13.4. The second-order valence-corrected chi connectivity index (χ2v) is 4.47. The molecule has 0 unspecified atom stereocenters. The van der Waals surface area contributed by atoms with Crippen molar-refractivity contribution in [2.24, 2.45) is 0 Å². The van der Waals surface area contributed by atoms with Gasteiger partial charge in [0.15, 0.2) is 0 Å². The summed E-state index contributed by atoms with van der Waals surface area (Å²) in [5.74, 6) is 0.281. The van der Waals surface area contributed by atoms with Crippen LogP contribution in [-0.4, -0.2) is 44.4 Å². The topological polar surface area (TPSA) is 24.5 Å². The number of alkyl halides is 3. The average molecular weight is 347 g/mol. The second-order valence-electron chi connectivity index (χ2n) is 4.47. The van der Waals surface area contributed by atoms with Crippen LogP contribution in [0.3, 0.4) is 0 Å². The Balaban J connectivity index is 0.00000200. The number of piperazine rings is 1. The molecule has 21 heavy (non-hydrogen) atoms. The molecule has 0 saturated carbocycles. The van der Waals surface area contributed by atoms with E-state index in [0.29, 0.717) is 26.2 Å². The van der Waals surface area contributed by atoms with E-state index in [9.17, 15) is 13.2 Å². The number of halogens is 5. The van der Waals surface area contributed by atoms with Crippen LogP contribution < -0.4 is 10.1 Å². The minimum atomic E-state index is -4.31. The van der Waals surface area contributed by atoms with Gasteiger partial charge in [-0.2, -0.15) is 13.2 Å². The van der Waals surface area contributed by atoms with Crippen LogP contribution in [0.2, 0.25) is 0 Å². The number of para-hydroxylation sites is 1. The van der Waals surface area contributed by atoms with E-state index in [4.69, 9.17) is 4.74 Å². The Morgan fingerprint density at radius 2 is 1.71 bits per heavy atom. The van der Waals surface area contributed by atoms with Crippen LogP contribution in [0, 0.1) is 0 Å². The van der Waals surface area contributed by atoms with E-state index in [2.05, 4.69) is 5.32 Å². The summed E-state index contributed by atoms with van der Waals surface area (Å²) < 4.78 is 45.2. The van der Waals surface area contributed by atoms with Crippen LogP contribution in [0.15, 0.2) is 24.3 Å². The minimum absolute atomic E-state index is 0. The predicted molar refractivity (Wildman–Crippen MR) is 80.7 cm³/mol. The van der Waals surface area contributed by atoms with Gasteiger partial charge in [-0.1, -0.05) is 18.2 Å². The van der Waals surface area contributed by atoms with E-state index in [1.165, 1.54) is 18.1 Å².